The molecule has 0 N–H and O–H groups in total. The van der Waals surface area contributed by atoms with E-state index in [1.165, 1.54) is 0 Å². The Morgan fingerprint density at radius 3 is 2.56 bits per heavy atom. The molecule has 2 amide bonds. The van der Waals surface area contributed by atoms with E-state index in [2.05, 4.69) is 6.92 Å². The Morgan fingerprint density at radius 2 is 2.04 bits per heavy atom. The Bertz CT molecular complexity index is 545. The fraction of sp³-hybridized carbons (Fsp3) is 0.667. The highest BCUT2D eigenvalue weighted by atomic mass is 35.5. The zero-order chi connectivity index (χ0) is 18.8. The lowest BCUT2D eigenvalue weighted by Gasteiger charge is -2.28. The molecule has 1 atom stereocenters. The third-order valence-corrected chi connectivity index (χ3v) is 4.27. The number of aryl methyl sites for hydroxylation is 1. The first-order valence-corrected chi connectivity index (χ1v) is 9.14. The van der Waals surface area contributed by atoms with Crippen molar-refractivity contribution in [2.75, 3.05) is 33.4 Å². The Balaban J connectivity index is 2.82. The van der Waals surface area contributed by atoms with Crippen molar-refractivity contribution < 1.29 is 14.3 Å². The van der Waals surface area contributed by atoms with E-state index in [9.17, 15) is 9.59 Å². The van der Waals surface area contributed by atoms with Crippen LogP contribution in [-0.2, 0) is 27.9 Å². The quantitative estimate of drug-likeness (QED) is 0.561. The molecule has 142 valence electrons. The summed E-state index contributed by atoms with van der Waals surface area (Å²) in [5, 5.41) is -0.634. The molecule has 1 heterocycles. The molecule has 25 heavy (non-hydrogen) atoms. The van der Waals surface area contributed by atoms with Gasteiger partial charge in [-0.15, -0.1) is 11.6 Å². The van der Waals surface area contributed by atoms with Gasteiger partial charge in [0.25, 0.3) is 0 Å². The van der Waals surface area contributed by atoms with E-state index in [0.29, 0.717) is 26.2 Å². The number of carbonyl (C=O) groups is 2. The summed E-state index contributed by atoms with van der Waals surface area (Å²) in [6.45, 7) is 5.69. The molecule has 0 spiro atoms. The second-order valence-corrected chi connectivity index (χ2v) is 6.80. The first-order valence-electron chi connectivity index (χ1n) is 8.70. The maximum atomic E-state index is 12.8. The van der Waals surface area contributed by atoms with Gasteiger partial charge in [-0.3, -0.25) is 9.59 Å². The van der Waals surface area contributed by atoms with Gasteiger partial charge in [0.2, 0.25) is 11.8 Å². The molecule has 0 saturated heterocycles. The van der Waals surface area contributed by atoms with Crippen LogP contribution in [0.4, 0.5) is 0 Å². The maximum absolute atomic E-state index is 12.8. The van der Waals surface area contributed by atoms with Crippen LogP contribution in [0.25, 0.3) is 0 Å². The number of methoxy groups -OCH3 is 1. The van der Waals surface area contributed by atoms with Gasteiger partial charge in [0.15, 0.2) is 0 Å². The van der Waals surface area contributed by atoms with E-state index in [0.717, 1.165) is 18.5 Å². The minimum absolute atomic E-state index is 0.0457. The van der Waals surface area contributed by atoms with Crippen LogP contribution < -0.4 is 0 Å². The minimum Gasteiger partial charge on any atom is -0.383 e. The minimum atomic E-state index is -0.634. The van der Waals surface area contributed by atoms with Crippen molar-refractivity contribution in [3.05, 3.63) is 24.0 Å². The largest absolute Gasteiger partial charge is 0.383 e. The zero-order valence-electron chi connectivity index (χ0n) is 15.7. The van der Waals surface area contributed by atoms with Crippen molar-refractivity contribution in [1.29, 1.82) is 0 Å². The van der Waals surface area contributed by atoms with Gasteiger partial charge in [-0.25, -0.2) is 0 Å². The SMILES string of the molecule is CCCCN(CC(=O)N(CCOC)Cc1cccn1C)C(=O)[C@@H](C)Cl. The lowest BCUT2D eigenvalue weighted by molar-refractivity contribution is -0.141. The second-order valence-electron chi connectivity index (χ2n) is 6.15. The van der Waals surface area contributed by atoms with Gasteiger partial charge in [-0.2, -0.15) is 0 Å². The summed E-state index contributed by atoms with van der Waals surface area (Å²) in [5.41, 5.74) is 1.03. The lowest BCUT2D eigenvalue weighted by atomic mass is 10.2. The molecular weight excluding hydrogens is 342 g/mol. The number of halogens is 1. The van der Waals surface area contributed by atoms with Crippen LogP contribution in [0.1, 0.15) is 32.4 Å². The van der Waals surface area contributed by atoms with Gasteiger partial charge in [-0.05, 0) is 25.5 Å². The predicted molar refractivity (Wildman–Crippen MR) is 99.5 cm³/mol. The number of amides is 2. The number of nitrogens with zero attached hydrogens (tertiary/aromatic N) is 3. The monoisotopic (exact) mass is 371 g/mol. The van der Waals surface area contributed by atoms with E-state index in [-0.39, 0.29) is 18.4 Å². The van der Waals surface area contributed by atoms with E-state index >= 15 is 0 Å². The highest BCUT2D eigenvalue weighted by Gasteiger charge is 2.24. The summed E-state index contributed by atoms with van der Waals surface area (Å²) < 4.78 is 7.11. The van der Waals surface area contributed by atoms with Crippen LogP contribution in [0.15, 0.2) is 18.3 Å². The summed E-state index contributed by atoms with van der Waals surface area (Å²) in [6, 6.07) is 3.93. The smallest absolute Gasteiger partial charge is 0.242 e. The van der Waals surface area contributed by atoms with Crippen LogP contribution in [-0.4, -0.2) is 64.9 Å². The third kappa shape index (κ3) is 7.08. The number of aromatic nitrogens is 1. The third-order valence-electron chi connectivity index (χ3n) is 4.08. The number of hydrogen-bond donors (Lipinski definition) is 0. The molecule has 7 heteroatoms. The number of hydrogen-bond acceptors (Lipinski definition) is 3. The van der Waals surface area contributed by atoms with Crippen molar-refractivity contribution in [1.82, 2.24) is 14.4 Å². The fourth-order valence-electron chi connectivity index (χ4n) is 2.48. The summed E-state index contributed by atoms with van der Waals surface area (Å²) in [7, 11) is 3.55. The summed E-state index contributed by atoms with van der Waals surface area (Å²) in [5.74, 6) is -0.297. The van der Waals surface area contributed by atoms with Gasteiger partial charge < -0.3 is 19.1 Å². The van der Waals surface area contributed by atoms with Gasteiger partial charge in [-0.1, -0.05) is 13.3 Å². The van der Waals surface area contributed by atoms with Crippen molar-refractivity contribution in [2.45, 2.75) is 38.6 Å². The molecule has 6 nitrogen and oxygen atoms in total. The normalized spacial score (nSPS) is 12.0. The van der Waals surface area contributed by atoms with Gasteiger partial charge in [0, 0.05) is 39.1 Å². The van der Waals surface area contributed by atoms with Crippen LogP contribution in [0.3, 0.4) is 0 Å². The number of alkyl halides is 1. The topological polar surface area (TPSA) is 54.8 Å². The average Bonchev–Trinajstić information content (AvgIpc) is 2.99. The van der Waals surface area contributed by atoms with E-state index in [1.54, 1.807) is 23.8 Å². The van der Waals surface area contributed by atoms with Crippen molar-refractivity contribution >= 4 is 23.4 Å². The Kier molecular flexibility index (Phi) is 9.60. The molecule has 0 unspecified atom stereocenters. The summed E-state index contributed by atoms with van der Waals surface area (Å²) in [6.07, 6.45) is 3.74. The molecule has 1 rings (SSSR count). The van der Waals surface area contributed by atoms with Crippen LogP contribution in [0.5, 0.6) is 0 Å². The van der Waals surface area contributed by atoms with E-state index in [1.807, 2.05) is 29.9 Å². The summed E-state index contributed by atoms with van der Waals surface area (Å²) >= 11 is 5.94. The van der Waals surface area contributed by atoms with Crippen molar-refractivity contribution in [3.63, 3.8) is 0 Å². The molecule has 0 bridgehead atoms. The van der Waals surface area contributed by atoms with Crippen molar-refractivity contribution in [3.8, 4) is 0 Å². The van der Waals surface area contributed by atoms with E-state index < -0.39 is 5.38 Å². The first kappa shape index (κ1) is 21.5. The highest BCUT2D eigenvalue weighted by molar-refractivity contribution is 6.30. The van der Waals surface area contributed by atoms with Gasteiger partial charge in [0.1, 0.15) is 5.38 Å². The average molecular weight is 372 g/mol. The molecule has 0 aliphatic rings. The first-order chi connectivity index (χ1) is 11.9. The Hall–Kier alpha value is -1.53. The maximum Gasteiger partial charge on any atom is 0.242 e. The lowest BCUT2D eigenvalue weighted by Crippen LogP contribution is -2.46. The molecule has 0 aromatic carbocycles. The number of rotatable bonds is 11. The molecule has 0 saturated carbocycles. The van der Waals surface area contributed by atoms with Crippen LogP contribution in [0, 0.1) is 0 Å². The predicted octanol–water partition coefficient (Wildman–Crippen LogP) is 2.26. The van der Waals surface area contributed by atoms with E-state index in [4.69, 9.17) is 16.3 Å². The highest BCUT2D eigenvalue weighted by Crippen LogP contribution is 2.09. The van der Waals surface area contributed by atoms with Crippen LogP contribution >= 0.6 is 11.6 Å². The zero-order valence-corrected chi connectivity index (χ0v) is 16.5. The molecule has 0 radical (unpaired) electrons. The van der Waals surface area contributed by atoms with Crippen LogP contribution in [0.2, 0.25) is 0 Å². The number of unbranched alkanes of at least 4 members (excludes halogenated alkanes) is 1. The van der Waals surface area contributed by atoms with Gasteiger partial charge >= 0.3 is 0 Å². The Morgan fingerprint density at radius 1 is 1.32 bits per heavy atom. The molecule has 0 aliphatic carbocycles. The Labute approximate surface area is 155 Å². The number of carbonyl (C=O) groups excluding carboxylic acids is 2. The van der Waals surface area contributed by atoms with Crippen molar-refractivity contribution in [2.24, 2.45) is 7.05 Å². The molecular formula is C18H30ClN3O3. The number of ether oxygens (including phenoxy) is 1. The molecule has 0 aliphatic heterocycles. The molecule has 1 aromatic heterocycles. The fourth-order valence-corrected chi connectivity index (χ4v) is 2.62. The van der Waals surface area contributed by atoms with Gasteiger partial charge in [0.05, 0.1) is 19.7 Å². The molecule has 1 aromatic rings. The summed E-state index contributed by atoms with van der Waals surface area (Å²) in [4.78, 5) is 28.4. The molecule has 0 fully saturated rings. The second kappa shape index (κ2) is 11.2. The standard InChI is InChI=1S/C18H30ClN3O3/c1-5-6-10-22(18(24)15(2)19)14-17(23)21(11-12-25-4)13-16-8-7-9-20(16)3/h7-9,15H,5-6,10-14H2,1-4H3/t15-/m1/s1.